The van der Waals surface area contributed by atoms with E-state index in [4.69, 9.17) is 67.2 Å². The van der Waals surface area contributed by atoms with E-state index in [-0.39, 0.29) is 30.1 Å². The van der Waals surface area contributed by atoms with E-state index >= 15 is 0 Å². The lowest BCUT2D eigenvalue weighted by molar-refractivity contribution is -0.191. The highest BCUT2D eigenvalue weighted by atomic mass is 79.9. The number of hydrogen-bond donors (Lipinski definition) is 3. The third-order valence-corrected chi connectivity index (χ3v) is 22.6. The minimum Gasteiger partial charge on any atom is -0.496 e. The van der Waals surface area contributed by atoms with E-state index in [0.717, 1.165) is 209 Å². The molecule has 113 heavy (non-hydrogen) atoms. The zero-order valence-electron chi connectivity index (χ0n) is 64.0. The van der Waals surface area contributed by atoms with Gasteiger partial charge in [-0.2, -0.15) is 19.6 Å². The Labute approximate surface area is 678 Å². The molecule has 23 heteroatoms. The molecule has 6 aromatic carbocycles. The van der Waals surface area contributed by atoms with Crippen LogP contribution < -0.4 is 25.2 Å². The number of allylic oxidation sites excluding steroid dienone is 3. The molecule has 1 amide bonds. The molecule has 0 radical (unpaired) electrons. The van der Waals surface area contributed by atoms with Crippen molar-refractivity contribution >= 4 is 125 Å². The number of rotatable bonds is 18. The first-order valence-corrected chi connectivity index (χ1v) is 40.4. The predicted molar refractivity (Wildman–Crippen MR) is 455 cm³/mol. The van der Waals surface area contributed by atoms with Crippen molar-refractivity contribution in [1.82, 2.24) is 45.1 Å². The van der Waals surface area contributed by atoms with Gasteiger partial charge in [-0.3, -0.25) is 19.8 Å². The minimum absolute atomic E-state index is 0.0759. The Kier molecular flexibility index (Phi) is 28.0. The average molecular weight is 1620 g/mol. The van der Waals surface area contributed by atoms with Crippen LogP contribution in [0.5, 0.6) is 5.75 Å². The zero-order chi connectivity index (χ0) is 78.5. The van der Waals surface area contributed by atoms with E-state index in [2.05, 4.69) is 143 Å². The number of aromatic nitrogens is 7. The van der Waals surface area contributed by atoms with Gasteiger partial charge in [0.05, 0.1) is 72.7 Å². The van der Waals surface area contributed by atoms with Crippen LogP contribution in [0.3, 0.4) is 0 Å². The number of aliphatic hydroxyl groups excluding tert-OH is 1. The van der Waals surface area contributed by atoms with Gasteiger partial charge in [0.2, 0.25) is 11.9 Å². The van der Waals surface area contributed by atoms with Crippen molar-refractivity contribution in [1.29, 1.82) is 0 Å². The summed E-state index contributed by atoms with van der Waals surface area (Å²) in [7, 11) is 1.61. The molecule has 11 heterocycles. The predicted octanol–water partition coefficient (Wildman–Crippen LogP) is 17.5. The number of hydrogen-bond acceptors (Lipinski definition) is 19. The molecule has 6 aliphatic heterocycles. The number of carbonyl (C=O) groups is 1. The molecule has 5 aromatic heterocycles. The largest absolute Gasteiger partial charge is 0.496 e. The van der Waals surface area contributed by atoms with Crippen molar-refractivity contribution in [2.45, 2.75) is 121 Å². The summed E-state index contributed by atoms with van der Waals surface area (Å²) in [5.74, 6) is 4.20. The molecule has 0 spiro atoms. The van der Waals surface area contributed by atoms with Crippen LogP contribution in [-0.4, -0.2) is 148 Å². The number of halogens is 3. The van der Waals surface area contributed by atoms with Gasteiger partial charge in [0, 0.05) is 130 Å². The Morgan fingerprint density at radius 2 is 1.50 bits per heavy atom. The monoisotopic (exact) mass is 1610 g/mol. The number of likely N-dealkylation sites (tertiary alicyclic amines) is 1. The number of nitrogens with one attached hydrogen (secondary N) is 2. The van der Waals surface area contributed by atoms with Gasteiger partial charge in [0.1, 0.15) is 23.2 Å². The first kappa shape index (κ1) is 80.6. The quantitative estimate of drug-likeness (QED) is 0.0677. The Morgan fingerprint density at radius 3 is 2.24 bits per heavy atom. The van der Waals surface area contributed by atoms with Crippen LogP contribution >= 0.6 is 39.1 Å². The molecule has 0 aliphatic carbocycles. The van der Waals surface area contributed by atoms with Crippen molar-refractivity contribution in [2.75, 3.05) is 81.3 Å². The molecule has 0 saturated carbocycles. The summed E-state index contributed by atoms with van der Waals surface area (Å²) < 4.78 is 12.0. The van der Waals surface area contributed by atoms with E-state index in [1.165, 1.54) is 34.4 Å². The van der Waals surface area contributed by atoms with Crippen LogP contribution in [0.1, 0.15) is 123 Å². The number of morpholine rings is 1. The smallest absolute Gasteiger partial charge is 0.373 e. The lowest BCUT2D eigenvalue weighted by Gasteiger charge is -2.39. The van der Waals surface area contributed by atoms with Gasteiger partial charge in [0.15, 0.2) is 5.65 Å². The SMILES string of the molecule is COc1ccc(-c2ccc3c(N4CCOC[C@@H]4C)nc(N4CCCC[C@@H]4C)nc3n2)cc1CO.Clc1ccc(C2(c3ccc(C4=CCN=C4)cc3)CCNCC2)cc1.Clc1cccc(Nc2nc3ccccc3c3cnccc23)c1.O=C(Cc1cccc(Cc2ncc(Br)c(CCCC3=CCC=N3)n2)c1)N1CCCC1.O=C=O. The second-order valence-corrected chi connectivity index (χ2v) is 30.6. The maximum Gasteiger partial charge on any atom is 0.373 e. The van der Waals surface area contributed by atoms with E-state index in [1.54, 1.807) is 13.3 Å². The van der Waals surface area contributed by atoms with Gasteiger partial charge in [-0.15, -0.1) is 0 Å². The lowest BCUT2D eigenvalue weighted by atomic mass is 9.68. The van der Waals surface area contributed by atoms with E-state index in [1.807, 2.05) is 127 Å². The van der Waals surface area contributed by atoms with E-state index in [0.29, 0.717) is 48.5 Å². The highest BCUT2D eigenvalue weighted by molar-refractivity contribution is 9.10. The van der Waals surface area contributed by atoms with Gasteiger partial charge < -0.3 is 39.9 Å². The Bertz CT molecular complexity index is 5280. The maximum atomic E-state index is 12.4. The van der Waals surface area contributed by atoms with E-state index in [9.17, 15) is 9.90 Å². The van der Waals surface area contributed by atoms with Gasteiger partial charge in [-0.25, -0.2) is 19.9 Å². The number of para-hydroxylation sites is 1. The summed E-state index contributed by atoms with van der Waals surface area (Å²) in [5, 5.41) is 22.3. The number of nitrogens with zero attached hydrogens (tertiary/aromatic N) is 12. The number of pyridine rings is 3. The first-order valence-electron chi connectivity index (χ1n) is 38.8. The van der Waals surface area contributed by atoms with Crippen LogP contribution in [0.15, 0.2) is 209 Å². The highest BCUT2D eigenvalue weighted by Crippen LogP contribution is 2.42. The van der Waals surface area contributed by atoms with Crippen LogP contribution in [0.4, 0.5) is 23.3 Å². The van der Waals surface area contributed by atoms with Crippen LogP contribution in [-0.2, 0) is 50.4 Å². The van der Waals surface area contributed by atoms with Gasteiger partial charge >= 0.3 is 6.15 Å². The molecule has 0 bridgehead atoms. The Balaban J connectivity index is 0.000000132. The number of amides is 1. The molecular weight excluding hydrogens is 1520 g/mol. The Hall–Kier alpha value is -10.5. The number of aryl methyl sites for hydroxylation is 1. The molecule has 4 saturated heterocycles. The fraction of sp³-hybridized carbons (Fsp3) is 0.322. The molecule has 11 aromatic rings. The van der Waals surface area contributed by atoms with Crippen molar-refractivity contribution in [3.63, 3.8) is 0 Å². The fourth-order valence-electron chi connectivity index (χ4n) is 15.5. The Morgan fingerprint density at radius 1 is 0.726 bits per heavy atom. The number of benzene rings is 6. The highest BCUT2D eigenvalue weighted by Gasteiger charge is 2.36. The van der Waals surface area contributed by atoms with Crippen molar-refractivity contribution in [3.05, 3.63) is 254 Å². The number of anilines is 4. The first-order chi connectivity index (χ1) is 55.3. The fourth-order valence-corrected chi connectivity index (χ4v) is 16.2. The van der Waals surface area contributed by atoms with E-state index < -0.39 is 0 Å². The standard InChI is InChI=1S/C26H33N5O3.C24H27BrN4O.C21H21ClN2.C18H12ClN3.CO2/c1-17-6-4-5-11-31(17)26-28-24-21(25(29-26)30-12-13-34-16-18(30)2)8-9-22(27-24)19-7-10-23(33-3)20(14-19)15-32;25-21-17-27-23(28-22(21)10-4-8-20-9-5-11-26-20)15-18-6-3-7-19(14-18)16-24(30)29-12-1-2-13-29;22-20-7-5-19(6-8-20)21(10-13-23-14-11-21)18-3-1-16(2-4-18)17-9-12-24-15-17;19-12-4-3-5-13(10-12)21-18-15-8-9-20-11-16(15)14-6-1-2-7-17(14)22-18;2-1-3/h7-10,14,17-18,32H,4-6,11-13,15-16H2,1-3H3;3,6-7,9,11,14,17H,1-2,4-5,8,10,12-13,15-16H2;1-9,15,23H,10-14H2;1-11H,(H,21,22);/t17-,18-;;;;/m0..../s1. The molecule has 20 nitrogen and oxygen atoms in total. The molecule has 3 N–H and O–H groups in total. The van der Waals surface area contributed by atoms with Crippen LogP contribution in [0, 0.1) is 0 Å². The van der Waals surface area contributed by atoms with Crippen LogP contribution in [0.25, 0.3) is 49.5 Å². The number of ether oxygens (including phenoxy) is 2. The molecular formula is C90H93BrCl2N14O6. The maximum absolute atomic E-state index is 12.4. The van der Waals surface area contributed by atoms with Gasteiger partial charge in [-0.05, 0) is 213 Å². The number of carbonyl (C=O) groups excluding carboxylic acids is 3. The van der Waals surface area contributed by atoms with Crippen molar-refractivity contribution < 1.29 is 29.0 Å². The number of fused-ring (bicyclic) bond motifs is 4. The lowest BCUT2D eigenvalue weighted by Crippen LogP contribution is -2.45. The summed E-state index contributed by atoms with van der Waals surface area (Å²) in [6.07, 6.45) is 27.0. The molecule has 4 fully saturated rings. The number of piperidine rings is 2. The topological polar surface area (TPSA) is 239 Å². The second kappa shape index (κ2) is 39.3. The van der Waals surface area contributed by atoms with Gasteiger partial charge in [0.25, 0.3) is 0 Å². The molecule has 2 atom stereocenters. The van der Waals surface area contributed by atoms with Gasteiger partial charge in [-0.1, -0.05) is 120 Å². The minimum atomic E-state index is -0.0944. The normalized spacial score (nSPS) is 16.8. The molecule has 17 rings (SSSR count). The number of methoxy groups -OCH3 is 1. The summed E-state index contributed by atoms with van der Waals surface area (Å²) in [4.78, 5) is 77.3. The summed E-state index contributed by atoms with van der Waals surface area (Å²) in [6, 6.07) is 53.8. The van der Waals surface area contributed by atoms with Crippen LogP contribution in [0.2, 0.25) is 10.0 Å². The zero-order valence-corrected chi connectivity index (χ0v) is 67.1. The van der Waals surface area contributed by atoms with Crippen molar-refractivity contribution in [3.8, 4) is 17.0 Å². The summed E-state index contributed by atoms with van der Waals surface area (Å²) >= 11 is 15.7. The molecule has 580 valence electrons. The summed E-state index contributed by atoms with van der Waals surface area (Å²) in [5.41, 5.74) is 14.7. The number of aliphatic hydroxyl groups is 1. The van der Waals surface area contributed by atoms with Crippen molar-refractivity contribution in [2.24, 2.45) is 9.98 Å². The molecule has 6 aliphatic rings. The average Bonchev–Trinajstić information content (AvgIpc) is 1.50. The second-order valence-electron chi connectivity index (χ2n) is 28.9. The molecule has 0 unspecified atom stereocenters. The third kappa shape index (κ3) is 20.5. The number of aliphatic imine (C=N–C) groups is 2. The third-order valence-electron chi connectivity index (χ3n) is 21.4. The summed E-state index contributed by atoms with van der Waals surface area (Å²) in [6.45, 7) is 12.1.